The Balaban J connectivity index is 1.77. The van der Waals surface area contributed by atoms with Crippen molar-refractivity contribution in [2.75, 3.05) is 31.6 Å². The normalized spacial score (nSPS) is 30.9. The molecule has 0 aromatic carbocycles. The molecule has 0 unspecified atom stereocenters. The van der Waals surface area contributed by atoms with Gasteiger partial charge in [0.15, 0.2) is 0 Å². The van der Waals surface area contributed by atoms with Crippen molar-refractivity contribution in [1.82, 2.24) is 9.88 Å². The van der Waals surface area contributed by atoms with E-state index in [0.29, 0.717) is 5.54 Å². The average molecular weight is 203 g/mol. The van der Waals surface area contributed by atoms with Gasteiger partial charge in [-0.15, -0.1) is 0 Å². The van der Waals surface area contributed by atoms with E-state index in [1.165, 1.54) is 38.2 Å². The molecule has 2 saturated heterocycles. The molecule has 3 heterocycles. The predicted octanol–water partition coefficient (Wildman–Crippen LogP) is 1.37. The van der Waals surface area contributed by atoms with Crippen molar-refractivity contribution in [3.8, 4) is 0 Å². The van der Waals surface area contributed by atoms with E-state index in [-0.39, 0.29) is 0 Å². The number of anilines is 1. The van der Waals surface area contributed by atoms with Crippen molar-refractivity contribution in [1.29, 1.82) is 0 Å². The number of aromatic nitrogens is 1. The lowest BCUT2D eigenvalue weighted by Crippen LogP contribution is -2.59. The molecule has 1 aromatic heterocycles. The van der Waals surface area contributed by atoms with Crippen LogP contribution in [0, 0.1) is 0 Å². The van der Waals surface area contributed by atoms with Crippen molar-refractivity contribution >= 4 is 5.69 Å². The SMILES string of the molecule is CN1CC[C@]12CCN(c1cccnc1)C2. The van der Waals surface area contributed by atoms with Gasteiger partial charge in [-0.3, -0.25) is 9.88 Å². The van der Waals surface area contributed by atoms with Crippen LogP contribution in [-0.4, -0.2) is 42.1 Å². The van der Waals surface area contributed by atoms with E-state index in [1.807, 2.05) is 18.5 Å². The summed E-state index contributed by atoms with van der Waals surface area (Å²) >= 11 is 0. The third-order valence-corrected chi connectivity index (χ3v) is 4.07. The van der Waals surface area contributed by atoms with Crippen molar-refractivity contribution in [3.05, 3.63) is 24.5 Å². The minimum Gasteiger partial charge on any atom is -0.368 e. The molecule has 1 aromatic rings. The summed E-state index contributed by atoms with van der Waals surface area (Å²) in [6.45, 7) is 3.62. The van der Waals surface area contributed by atoms with Crippen molar-refractivity contribution in [2.24, 2.45) is 0 Å². The summed E-state index contributed by atoms with van der Waals surface area (Å²) in [5.41, 5.74) is 1.75. The molecule has 0 N–H and O–H groups in total. The fraction of sp³-hybridized carbons (Fsp3) is 0.583. The van der Waals surface area contributed by atoms with Crippen LogP contribution < -0.4 is 4.90 Å². The van der Waals surface area contributed by atoms with Gasteiger partial charge >= 0.3 is 0 Å². The third kappa shape index (κ3) is 1.34. The molecule has 15 heavy (non-hydrogen) atoms. The molecule has 1 spiro atoms. The highest BCUT2D eigenvalue weighted by atomic mass is 15.3. The van der Waals surface area contributed by atoms with Crippen LogP contribution in [0.25, 0.3) is 0 Å². The summed E-state index contributed by atoms with van der Waals surface area (Å²) in [6.07, 6.45) is 6.47. The molecule has 80 valence electrons. The summed E-state index contributed by atoms with van der Waals surface area (Å²) < 4.78 is 0. The van der Waals surface area contributed by atoms with Crippen LogP contribution in [0.15, 0.2) is 24.5 Å². The Morgan fingerprint density at radius 2 is 2.20 bits per heavy atom. The number of likely N-dealkylation sites (tertiary alicyclic amines) is 1. The summed E-state index contributed by atoms with van der Waals surface area (Å²) in [6, 6.07) is 4.18. The Morgan fingerprint density at radius 3 is 2.73 bits per heavy atom. The zero-order valence-electron chi connectivity index (χ0n) is 9.19. The maximum absolute atomic E-state index is 4.18. The van der Waals surface area contributed by atoms with E-state index in [2.05, 4.69) is 27.9 Å². The molecule has 2 aliphatic heterocycles. The molecule has 3 nitrogen and oxygen atoms in total. The second kappa shape index (κ2) is 3.20. The zero-order chi connectivity index (χ0) is 10.3. The first-order chi connectivity index (χ1) is 7.30. The summed E-state index contributed by atoms with van der Waals surface area (Å²) in [5.74, 6) is 0. The van der Waals surface area contributed by atoms with Gasteiger partial charge in [0, 0.05) is 31.4 Å². The Kier molecular flexibility index (Phi) is 1.96. The van der Waals surface area contributed by atoms with E-state index < -0.39 is 0 Å². The number of likely N-dealkylation sites (N-methyl/N-ethyl adjacent to an activating group) is 1. The Bertz CT molecular complexity index is 351. The molecule has 2 aliphatic rings. The number of hydrogen-bond acceptors (Lipinski definition) is 3. The summed E-state index contributed by atoms with van der Waals surface area (Å²) in [7, 11) is 2.25. The van der Waals surface area contributed by atoms with E-state index in [9.17, 15) is 0 Å². The largest absolute Gasteiger partial charge is 0.368 e. The van der Waals surface area contributed by atoms with Crippen LogP contribution >= 0.6 is 0 Å². The average Bonchev–Trinajstić information content (AvgIpc) is 2.76. The maximum atomic E-state index is 4.18. The van der Waals surface area contributed by atoms with E-state index in [1.54, 1.807) is 0 Å². The first kappa shape index (κ1) is 9.16. The first-order valence-electron chi connectivity index (χ1n) is 5.66. The lowest BCUT2D eigenvalue weighted by Gasteiger charge is -2.48. The predicted molar refractivity (Wildman–Crippen MR) is 61.0 cm³/mol. The molecule has 2 fully saturated rings. The molecule has 1 atom stereocenters. The first-order valence-corrected chi connectivity index (χ1v) is 5.66. The van der Waals surface area contributed by atoms with E-state index in [4.69, 9.17) is 0 Å². The molecule has 0 bridgehead atoms. The molecule has 0 aliphatic carbocycles. The molecule has 0 amide bonds. The van der Waals surface area contributed by atoms with Crippen LogP contribution in [0.2, 0.25) is 0 Å². The quantitative estimate of drug-likeness (QED) is 0.687. The van der Waals surface area contributed by atoms with Gasteiger partial charge < -0.3 is 4.90 Å². The second-order valence-electron chi connectivity index (χ2n) is 4.78. The minimum atomic E-state index is 0.482. The molecule has 3 rings (SSSR count). The van der Waals surface area contributed by atoms with E-state index >= 15 is 0 Å². The van der Waals surface area contributed by atoms with Crippen LogP contribution in [0.3, 0.4) is 0 Å². The van der Waals surface area contributed by atoms with Gasteiger partial charge in [0.1, 0.15) is 0 Å². The van der Waals surface area contributed by atoms with Gasteiger partial charge in [-0.1, -0.05) is 0 Å². The molecular formula is C12H17N3. The summed E-state index contributed by atoms with van der Waals surface area (Å²) in [4.78, 5) is 9.15. The van der Waals surface area contributed by atoms with Crippen LogP contribution in [0.4, 0.5) is 5.69 Å². The van der Waals surface area contributed by atoms with Crippen molar-refractivity contribution < 1.29 is 0 Å². The Morgan fingerprint density at radius 1 is 1.33 bits per heavy atom. The maximum Gasteiger partial charge on any atom is 0.0553 e. The van der Waals surface area contributed by atoms with Crippen molar-refractivity contribution in [2.45, 2.75) is 18.4 Å². The molecule has 0 radical (unpaired) electrons. The lowest BCUT2D eigenvalue weighted by molar-refractivity contribution is 0.0307. The number of nitrogens with zero attached hydrogens (tertiary/aromatic N) is 3. The monoisotopic (exact) mass is 203 g/mol. The van der Waals surface area contributed by atoms with Crippen LogP contribution in [0.1, 0.15) is 12.8 Å². The summed E-state index contributed by atoms with van der Waals surface area (Å²) in [5, 5.41) is 0. The molecule has 0 saturated carbocycles. The van der Waals surface area contributed by atoms with Gasteiger partial charge in [0.2, 0.25) is 0 Å². The zero-order valence-corrected chi connectivity index (χ0v) is 9.19. The Hall–Kier alpha value is -1.09. The molecule has 3 heteroatoms. The fourth-order valence-electron chi connectivity index (χ4n) is 2.78. The lowest BCUT2D eigenvalue weighted by atomic mass is 9.85. The van der Waals surface area contributed by atoms with Gasteiger partial charge in [-0.05, 0) is 32.0 Å². The van der Waals surface area contributed by atoms with Crippen LogP contribution in [-0.2, 0) is 0 Å². The molecular weight excluding hydrogens is 186 g/mol. The van der Waals surface area contributed by atoms with Crippen LogP contribution in [0.5, 0.6) is 0 Å². The highest BCUT2D eigenvalue weighted by molar-refractivity contribution is 5.46. The smallest absolute Gasteiger partial charge is 0.0553 e. The number of hydrogen-bond donors (Lipinski definition) is 0. The minimum absolute atomic E-state index is 0.482. The second-order valence-corrected chi connectivity index (χ2v) is 4.78. The third-order valence-electron chi connectivity index (χ3n) is 4.07. The number of rotatable bonds is 1. The fourth-order valence-corrected chi connectivity index (χ4v) is 2.78. The Labute approximate surface area is 90.7 Å². The topological polar surface area (TPSA) is 19.4 Å². The van der Waals surface area contributed by atoms with E-state index in [0.717, 1.165) is 0 Å². The van der Waals surface area contributed by atoms with Gasteiger partial charge in [-0.2, -0.15) is 0 Å². The van der Waals surface area contributed by atoms with Gasteiger partial charge in [0.25, 0.3) is 0 Å². The number of pyridine rings is 1. The standard InChI is InChI=1S/C12H17N3/c1-14-7-4-12(14)5-8-15(10-12)11-3-2-6-13-9-11/h2-3,6,9H,4-5,7-8,10H2,1H3/t12-/m1/s1. The van der Waals surface area contributed by atoms with Gasteiger partial charge in [0.05, 0.1) is 11.9 Å². The van der Waals surface area contributed by atoms with Crippen molar-refractivity contribution in [3.63, 3.8) is 0 Å². The van der Waals surface area contributed by atoms with Gasteiger partial charge in [-0.25, -0.2) is 0 Å². The highest BCUT2D eigenvalue weighted by Gasteiger charge is 2.47. The highest BCUT2D eigenvalue weighted by Crippen LogP contribution is 2.38.